The molecule has 1 aromatic rings. The van der Waals surface area contributed by atoms with E-state index in [4.69, 9.17) is 9.47 Å². The lowest BCUT2D eigenvalue weighted by molar-refractivity contribution is 0.128. The Morgan fingerprint density at radius 3 is 2.45 bits per heavy atom. The lowest BCUT2D eigenvalue weighted by atomic mass is 10.3. The van der Waals surface area contributed by atoms with E-state index < -0.39 is 0 Å². The Morgan fingerprint density at radius 1 is 1.10 bits per heavy atom. The number of aromatic nitrogens is 2. The minimum atomic E-state index is 0.194. The fraction of sp³-hybridized carbons (Fsp3) is 0.714. The number of anilines is 2. The molecule has 2 N–H and O–H groups in total. The van der Waals surface area contributed by atoms with Gasteiger partial charge < -0.3 is 20.1 Å². The summed E-state index contributed by atoms with van der Waals surface area (Å²) in [5.74, 6) is 2.28. The van der Waals surface area contributed by atoms with Crippen molar-refractivity contribution in [2.45, 2.75) is 40.3 Å². The highest BCUT2D eigenvalue weighted by molar-refractivity contribution is 5.48. The van der Waals surface area contributed by atoms with E-state index in [1.165, 1.54) is 0 Å². The molecule has 0 spiro atoms. The van der Waals surface area contributed by atoms with Gasteiger partial charge in [0.05, 0.1) is 6.61 Å². The first-order valence-corrected chi connectivity index (χ1v) is 7.23. The number of nitrogens with zero attached hydrogens (tertiary/aromatic N) is 2. The van der Waals surface area contributed by atoms with Gasteiger partial charge in [0.15, 0.2) is 5.82 Å². The van der Waals surface area contributed by atoms with Gasteiger partial charge in [-0.2, -0.15) is 0 Å². The average Bonchev–Trinajstić information content (AvgIpc) is 2.43. The van der Waals surface area contributed by atoms with E-state index in [1.807, 2.05) is 26.8 Å². The van der Waals surface area contributed by atoms with Crippen molar-refractivity contribution in [2.24, 2.45) is 0 Å². The number of hydrogen-bond acceptors (Lipinski definition) is 6. The van der Waals surface area contributed by atoms with Crippen molar-refractivity contribution in [2.75, 3.05) is 37.0 Å². The molecule has 0 amide bonds. The summed E-state index contributed by atoms with van der Waals surface area (Å²) in [5.41, 5.74) is 0. The van der Waals surface area contributed by atoms with Gasteiger partial charge in [-0.15, -0.1) is 0 Å². The van der Waals surface area contributed by atoms with Crippen LogP contribution in [-0.2, 0) is 16.1 Å². The molecule has 1 atom stereocenters. The van der Waals surface area contributed by atoms with Crippen LogP contribution in [0.25, 0.3) is 0 Å². The summed E-state index contributed by atoms with van der Waals surface area (Å²) < 4.78 is 10.8. The minimum Gasteiger partial charge on any atom is -0.380 e. The maximum atomic E-state index is 5.39. The van der Waals surface area contributed by atoms with E-state index in [9.17, 15) is 0 Å². The second-order valence-corrected chi connectivity index (χ2v) is 4.43. The topological polar surface area (TPSA) is 68.3 Å². The summed E-state index contributed by atoms with van der Waals surface area (Å²) in [6.07, 6.45) is 0. The number of rotatable bonds is 10. The molecule has 0 aliphatic rings. The zero-order valence-corrected chi connectivity index (χ0v) is 12.9. The van der Waals surface area contributed by atoms with Crippen molar-refractivity contribution in [3.05, 3.63) is 11.9 Å². The molecular weight excluding hydrogens is 256 g/mol. The number of nitrogens with one attached hydrogen (secondary N) is 2. The number of ether oxygens (including phenoxy) is 2. The molecule has 1 unspecified atom stereocenters. The second kappa shape index (κ2) is 9.50. The van der Waals surface area contributed by atoms with Crippen LogP contribution in [0.3, 0.4) is 0 Å². The van der Waals surface area contributed by atoms with Crippen LogP contribution in [0.5, 0.6) is 0 Å². The Kier molecular flexibility index (Phi) is 7.91. The predicted octanol–water partition coefficient (Wildman–Crippen LogP) is 2.28. The monoisotopic (exact) mass is 282 g/mol. The van der Waals surface area contributed by atoms with Crippen LogP contribution >= 0.6 is 0 Å². The summed E-state index contributed by atoms with van der Waals surface area (Å²) in [4.78, 5) is 8.87. The zero-order valence-electron chi connectivity index (χ0n) is 12.9. The molecule has 0 aliphatic carbocycles. The molecule has 0 aromatic carbocycles. The average molecular weight is 282 g/mol. The van der Waals surface area contributed by atoms with Crippen LogP contribution in [-0.4, -0.2) is 42.4 Å². The molecule has 0 saturated heterocycles. The van der Waals surface area contributed by atoms with E-state index >= 15 is 0 Å². The zero-order chi connectivity index (χ0) is 14.8. The Labute approximate surface area is 121 Å². The van der Waals surface area contributed by atoms with E-state index in [0.29, 0.717) is 32.3 Å². The SMILES string of the molecule is CCNc1cc(NC(C)COCC)nc(COCC)n1. The molecule has 0 fully saturated rings. The highest BCUT2D eigenvalue weighted by atomic mass is 16.5. The Morgan fingerprint density at radius 2 is 1.80 bits per heavy atom. The molecule has 20 heavy (non-hydrogen) atoms. The molecule has 0 aliphatic heterocycles. The van der Waals surface area contributed by atoms with E-state index in [0.717, 1.165) is 18.2 Å². The van der Waals surface area contributed by atoms with Crippen molar-refractivity contribution in [1.82, 2.24) is 9.97 Å². The van der Waals surface area contributed by atoms with Crippen LogP contribution < -0.4 is 10.6 Å². The molecule has 1 heterocycles. The largest absolute Gasteiger partial charge is 0.380 e. The molecule has 0 saturated carbocycles. The first-order chi connectivity index (χ1) is 9.69. The third-order valence-corrected chi connectivity index (χ3v) is 2.53. The second-order valence-electron chi connectivity index (χ2n) is 4.43. The molecule has 1 aromatic heterocycles. The summed E-state index contributed by atoms with van der Waals surface area (Å²) >= 11 is 0. The Hall–Kier alpha value is -1.40. The van der Waals surface area contributed by atoms with E-state index in [1.54, 1.807) is 0 Å². The molecule has 1 rings (SSSR count). The smallest absolute Gasteiger partial charge is 0.158 e. The van der Waals surface area contributed by atoms with Gasteiger partial charge in [0.1, 0.15) is 18.2 Å². The lowest BCUT2D eigenvalue weighted by Crippen LogP contribution is -2.23. The maximum Gasteiger partial charge on any atom is 0.158 e. The first-order valence-electron chi connectivity index (χ1n) is 7.23. The van der Waals surface area contributed by atoms with E-state index in [2.05, 4.69) is 27.5 Å². The van der Waals surface area contributed by atoms with Crippen molar-refractivity contribution < 1.29 is 9.47 Å². The van der Waals surface area contributed by atoms with E-state index in [-0.39, 0.29) is 6.04 Å². The number of hydrogen-bond donors (Lipinski definition) is 2. The van der Waals surface area contributed by atoms with Crippen molar-refractivity contribution in [3.63, 3.8) is 0 Å². The van der Waals surface area contributed by atoms with Crippen molar-refractivity contribution in [3.8, 4) is 0 Å². The summed E-state index contributed by atoms with van der Waals surface area (Å²) in [5, 5.41) is 6.52. The van der Waals surface area contributed by atoms with Gasteiger partial charge in [0.2, 0.25) is 0 Å². The quantitative estimate of drug-likeness (QED) is 0.686. The summed E-state index contributed by atoms with van der Waals surface area (Å²) in [7, 11) is 0. The fourth-order valence-electron chi connectivity index (χ4n) is 1.69. The molecule has 6 nitrogen and oxygen atoms in total. The molecular formula is C14H26N4O2. The highest BCUT2D eigenvalue weighted by Crippen LogP contribution is 2.13. The highest BCUT2D eigenvalue weighted by Gasteiger charge is 2.07. The van der Waals surface area contributed by atoms with Gasteiger partial charge in [0.25, 0.3) is 0 Å². The van der Waals surface area contributed by atoms with Crippen LogP contribution in [0.15, 0.2) is 6.07 Å². The Balaban J connectivity index is 2.73. The summed E-state index contributed by atoms with van der Waals surface area (Å²) in [6.45, 7) is 11.3. The van der Waals surface area contributed by atoms with Gasteiger partial charge in [-0.3, -0.25) is 0 Å². The van der Waals surface area contributed by atoms with Gasteiger partial charge in [-0.05, 0) is 27.7 Å². The van der Waals surface area contributed by atoms with Gasteiger partial charge >= 0.3 is 0 Å². The van der Waals surface area contributed by atoms with Crippen LogP contribution in [0.1, 0.15) is 33.5 Å². The third kappa shape index (κ3) is 6.16. The van der Waals surface area contributed by atoms with Crippen LogP contribution in [0.2, 0.25) is 0 Å². The van der Waals surface area contributed by atoms with Crippen LogP contribution in [0, 0.1) is 0 Å². The third-order valence-electron chi connectivity index (χ3n) is 2.53. The minimum absolute atomic E-state index is 0.194. The molecule has 0 bridgehead atoms. The molecule has 6 heteroatoms. The molecule has 114 valence electrons. The standard InChI is InChI=1S/C14H26N4O2/c1-5-15-12-8-13(16-11(4)9-19-6-2)18-14(17-12)10-20-7-3/h8,11H,5-7,9-10H2,1-4H3,(H2,15,16,17,18). The van der Waals surface area contributed by atoms with Crippen molar-refractivity contribution >= 4 is 11.6 Å². The van der Waals surface area contributed by atoms with Gasteiger partial charge in [0, 0.05) is 31.9 Å². The Bertz CT molecular complexity index is 387. The molecule has 0 radical (unpaired) electrons. The van der Waals surface area contributed by atoms with Gasteiger partial charge in [-0.1, -0.05) is 0 Å². The lowest BCUT2D eigenvalue weighted by Gasteiger charge is -2.16. The normalized spacial score (nSPS) is 12.2. The first kappa shape index (κ1) is 16.7. The summed E-state index contributed by atoms with van der Waals surface area (Å²) in [6, 6.07) is 2.10. The fourth-order valence-corrected chi connectivity index (χ4v) is 1.69. The predicted molar refractivity (Wildman–Crippen MR) is 81.1 cm³/mol. The van der Waals surface area contributed by atoms with Gasteiger partial charge in [-0.25, -0.2) is 9.97 Å². The van der Waals surface area contributed by atoms with Crippen LogP contribution in [0.4, 0.5) is 11.6 Å². The van der Waals surface area contributed by atoms with Crippen molar-refractivity contribution in [1.29, 1.82) is 0 Å². The maximum absolute atomic E-state index is 5.39.